The van der Waals surface area contributed by atoms with Gasteiger partial charge < -0.3 is 9.64 Å². The first kappa shape index (κ1) is 21.5. The van der Waals surface area contributed by atoms with Crippen molar-refractivity contribution in [1.82, 2.24) is 4.90 Å². The van der Waals surface area contributed by atoms with Crippen LogP contribution < -0.4 is 4.74 Å². The largest absolute Gasteiger partial charge is 0.488 e. The van der Waals surface area contributed by atoms with Gasteiger partial charge in [0.1, 0.15) is 12.4 Å². The molecule has 2 nitrogen and oxygen atoms in total. The number of hydrogen-bond donors (Lipinski definition) is 0. The van der Waals surface area contributed by atoms with Crippen molar-refractivity contribution in [1.29, 1.82) is 0 Å². The summed E-state index contributed by atoms with van der Waals surface area (Å²) in [6.45, 7) is 2.46. The number of nitrogens with zero attached hydrogens (tertiary/aromatic N) is 1. The number of benzene rings is 1. The summed E-state index contributed by atoms with van der Waals surface area (Å²) in [4.78, 5) is 1.29. The molecular formula is C18H14F4NOY-. The number of hydrogen-bond acceptors (Lipinski definition) is 2. The van der Waals surface area contributed by atoms with Gasteiger partial charge in [-0.25, -0.2) is 17.6 Å². The SMILES string of the molecule is C#CC1=C[C-]=C(c2ccc(OCC(F)F)cc2)N(CC(F)F)C1=C.[Y]. The summed E-state index contributed by atoms with van der Waals surface area (Å²) >= 11 is 0. The quantitative estimate of drug-likeness (QED) is 0.386. The molecule has 0 aromatic heterocycles. The second kappa shape index (κ2) is 9.79. The van der Waals surface area contributed by atoms with E-state index in [1.807, 2.05) is 0 Å². The average Bonchev–Trinajstić information content (AvgIpc) is 2.55. The Kier molecular flexibility index (Phi) is 8.41. The van der Waals surface area contributed by atoms with Crippen LogP contribution in [-0.2, 0) is 32.7 Å². The fraction of sp³-hybridized carbons (Fsp3) is 0.222. The molecule has 0 N–H and O–H groups in total. The maximum Gasteiger partial charge on any atom is 0.272 e. The van der Waals surface area contributed by atoms with E-state index in [9.17, 15) is 17.6 Å². The van der Waals surface area contributed by atoms with Gasteiger partial charge in [0.2, 0.25) is 0 Å². The van der Waals surface area contributed by atoms with Gasteiger partial charge in [-0.05, 0) is 17.8 Å². The first-order valence-corrected chi connectivity index (χ1v) is 6.99. The number of alkyl halides is 4. The van der Waals surface area contributed by atoms with E-state index in [1.165, 1.54) is 23.1 Å². The predicted molar refractivity (Wildman–Crippen MR) is 83.4 cm³/mol. The van der Waals surface area contributed by atoms with Crippen LogP contribution in [0.4, 0.5) is 17.6 Å². The Bertz CT molecular complexity index is 705. The standard InChI is InChI=1S/C18H14F4NO.Y/c1-3-13-6-9-16(23(12(13)2)10-17(19)20)14-4-7-15(8-5-14)24-11-18(21)22;/h1,4-8,17-18H,2,10-11H2;/q-1;. The van der Waals surface area contributed by atoms with E-state index in [0.29, 0.717) is 16.8 Å². The zero-order valence-electron chi connectivity index (χ0n) is 13.2. The minimum Gasteiger partial charge on any atom is -0.488 e. The molecule has 0 bridgehead atoms. The van der Waals surface area contributed by atoms with Crippen LogP contribution >= 0.6 is 0 Å². The molecule has 1 radical (unpaired) electrons. The Morgan fingerprint density at radius 2 is 1.80 bits per heavy atom. The van der Waals surface area contributed by atoms with Crippen LogP contribution in [0.15, 0.2) is 48.2 Å². The van der Waals surface area contributed by atoms with Crippen LogP contribution in [0.5, 0.6) is 5.75 Å². The topological polar surface area (TPSA) is 12.5 Å². The maximum absolute atomic E-state index is 12.9. The zero-order valence-corrected chi connectivity index (χ0v) is 16.0. The van der Waals surface area contributed by atoms with E-state index < -0.39 is 26.0 Å². The number of halogens is 4. The summed E-state index contributed by atoms with van der Waals surface area (Å²) in [5.41, 5.74) is 1.59. The third kappa shape index (κ3) is 5.72. The van der Waals surface area contributed by atoms with E-state index >= 15 is 0 Å². The average molecular weight is 425 g/mol. The normalized spacial score (nSPS) is 14.0. The van der Waals surface area contributed by atoms with Gasteiger partial charge in [-0.1, -0.05) is 23.4 Å². The number of rotatable bonds is 6. The van der Waals surface area contributed by atoms with Crippen LogP contribution in [0.3, 0.4) is 0 Å². The number of ether oxygens (including phenoxy) is 1. The Morgan fingerprint density at radius 3 is 2.32 bits per heavy atom. The Labute approximate surface area is 169 Å². The van der Waals surface area contributed by atoms with Crippen molar-refractivity contribution in [3.05, 3.63) is 59.8 Å². The van der Waals surface area contributed by atoms with E-state index in [2.05, 4.69) is 18.6 Å². The summed E-state index contributed by atoms with van der Waals surface area (Å²) in [6, 6.07) is 6.11. The molecule has 1 heterocycles. The van der Waals surface area contributed by atoms with Crippen molar-refractivity contribution in [2.45, 2.75) is 12.9 Å². The van der Waals surface area contributed by atoms with Gasteiger partial charge >= 0.3 is 0 Å². The Morgan fingerprint density at radius 1 is 1.16 bits per heavy atom. The van der Waals surface area contributed by atoms with Crippen molar-refractivity contribution >= 4 is 5.70 Å². The van der Waals surface area contributed by atoms with Crippen molar-refractivity contribution < 1.29 is 55.0 Å². The summed E-state index contributed by atoms with van der Waals surface area (Å²) < 4.78 is 54.9. The minimum atomic E-state index is -2.59. The summed E-state index contributed by atoms with van der Waals surface area (Å²) in [5, 5.41) is 0. The zero-order chi connectivity index (χ0) is 17.7. The Hall–Kier alpha value is -1.58. The molecular weight excluding hydrogens is 411 g/mol. The van der Waals surface area contributed by atoms with Gasteiger partial charge in [0.05, 0.1) is 6.54 Å². The molecule has 1 aromatic rings. The fourth-order valence-corrected chi connectivity index (χ4v) is 2.15. The van der Waals surface area contributed by atoms with E-state index in [1.54, 1.807) is 12.1 Å². The van der Waals surface area contributed by atoms with E-state index in [4.69, 9.17) is 11.2 Å². The van der Waals surface area contributed by atoms with Crippen molar-refractivity contribution in [2.24, 2.45) is 0 Å². The smallest absolute Gasteiger partial charge is 0.272 e. The van der Waals surface area contributed by atoms with E-state index in [-0.39, 0.29) is 44.2 Å². The van der Waals surface area contributed by atoms with Gasteiger partial charge in [0, 0.05) is 32.7 Å². The van der Waals surface area contributed by atoms with E-state index in [0.717, 1.165) is 0 Å². The van der Waals surface area contributed by atoms with Gasteiger partial charge in [-0.2, -0.15) is 12.2 Å². The van der Waals surface area contributed by atoms with Gasteiger partial charge in [-0.15, -0.1) is 24.5 Å². The molecule has 0 unspecified atom stereocenters. The minimum absolute atomic E-state index is 0. The summed E-state index contributed by atoms with van der Waals surface area (Å²) in [5.74, 6) is 2.63. The number of terminal acetylenes is 1. The Balaban J connectivity index is 0.00000312. The maximum atomic E-state index is 12.9. The molecule has 1 aromatic carbocycles. The molecule has 129 valence electrons. The second-order valence-electron chi connectivity index (χ2n) is 4.87. The monoisotopic (exact) mass is 425 g/mol. The molecule has 1 aliphatic rings. The molecule has 7 heteroatoms. The van der Waals surface area contributed by atoms with Crippen LogP contribution in [-0.4, -0.2) is 30.9 Å². The van der Waals surface area contributed by atoms with Gasteiger partial charge in [0.25, 0.3) is 12.9 Å². The van der Waals surface area contributed by atoms with Crippen LogP contribution in [0.1, 0.15) is 5.56 Å². The predicted octanol–water partition coefficient (Wildman–Crippen LogP) is 4.13. The first-order chi connectivity index (χ1) is 11.4. The number of allylic oxidation sites excluding steroid dienone is 3. The molecule has 2 rings (SSSR count). The molecule has 0 aliphatic carbocycles. The third-order valence-corrected chi connectivity index (χ3v) is 3.24. The summed E-state index contributed by atoms with van der Waals surface area (Å²) in [6.07, 6.45) is 4.54. The fourth-order valence-electron chi connectivity index (χ4n) is 2.15. The summed E-state index contributed by atoms with van der Waals surface area (Å²) in [7, 11) is 0. The molecule has 25 heavy (non-hydrogen) atoms. The van der Waals surface area contributed by atoms with Crippen molar-refractivity contribution in [3.63, 3.8) is 0 Å². The van der Waals surface area contributed by atoms with Gasteiger partial charge in [-0.3, -0.25) is 0 Å². The third-order valence-electron chi connectivity index (χ3n) is 3.24. The van der Waals surface area contributed by atoms with Crippen LogP contribution in [0, 0.1) is 18.4 Å². The molecule has 0 saturated carbocycles. The molecule has 0 fully saturated rings. The molecule has 0 atom stereocenters. The molecule has 0 spiro atoms. The molecule has 0 amide bonds. The first-order valence-electron chi connectivity index (χ1n) is 6.99. The second-order valence-corrected chi connectivity index (χ2v) is 4.87. The van der Waals surface area contributed by atoms with Gasteiger partial charge in [0.15, 0.2) is 0 Å². The molecule has 0 saturated heterocycles. The van der Waals surface area contributed by atoms with Crippen LogP contribution in [0.2, 0.25) is 0 Å². The van der Waals surface area contributed by atoms with Crippen molar-refractivity contribution in [2.75, 3.05) is 13.2 Å². The van der Waals surface area contributed by atoms with Crippen LogP contribution in [0.25, 0.3) is 5.70 Å². The molecule has 1 aliphatic heterocycles. The van der Waals surface area contributed by atoms with Crippen molar-refractivity contribution in [3.8, 4) is 18.1 Å².